The van der Waals surface area contributed by atoms with Gasteiger partial charge in [-0.3, -0.25) is 13.9 Å². The van der Waals surface area contributed by atoms with Gasteiger partial charge in [0.25, 0.3) is 5.91 Å². The van der Waals surface area contributed by atoms with E-state index in [2.05, 4.69) is 10.5 Å². The van der Waals surface area contributed by atoms with Crippen molar-refractivity contribution in [2.75, 3.05) is 17.1 Å². The highest BCUT2D eigenvalue weighted by Gasteiger charge is 2.20. The van der Waals surface area contributed by atoms with Gasteiger partial charge in [-0.1, -0.05) is 26.0 Å². The predicted molar refractivity (Wildman–Crippen MR) is 116 cm³/mol. The Morgan fingerprint density at radius 3 is 2.20 bits per heavy atom. The summed E-state index contributed by atoms with van der Waals surface area (Å²) in [7, 11) is -3.66. The first kappa shape index (κ1) is 23.1. The van der Waals surface area contributed by atoms with E-state index in [9.17, 15) is 18.0 Å². The van der Waals surface area contributed by atoms with Gasteiger partial charge in [-0.25, -0.2) is 13.8 Å². The molecule has 9 heteroatoms. The molecule has 0 aromatic heterocycles. The molecule has 0 heterocycles. The van der Waals surface area contributed by atoms with Crippen LogP contribution < -0.4 is 14.5 Å². The van der Waals surface area contributed by atoms with Gasteiger partial charge in [0.2, 0.25) is 10.0 Å². The van der Waals surface area contributed by atoms with E-state index < -0.39 is 28.4 Å². The minimum Gasteiger partial charge on any atom is -0.427 e. The molecule has 2 rings (SSSR count). The van der Waals surface area contributed by atoms with Gasteiger partial charge in [0, 0.05) is 6.92 Å². The molecular weight excluding hydrogens is 406 g/mol. The van der Waals surface area contributed by atoms with Crippen molar-refractivity contribution >= 4 is 33.8 Å². The highest BCUT2D eigenvalue weighted by Crippen LogP contribution is 2.21. The van der Waals surface area contributed by atoms with E-state index >= 15 is 0 Å². The molecule has 0 aliphatic heterocycles. The van der Waals surface area contributed by atoms with Gasteiger partial charge >= 0.3 is 5.97 Å². The largest absolute Gasteiger partial charge is 0.427 e. The molecule has 2 aromatic rings. The van der Waals surface area contributed by atoms with Gasteiger partial charge in [0.1, 0.15) is 12.3 Å². The van der Waals surface area contributed by atoms with Crippen molar-refractivity contribution in [2.45, 2.75) is 26.7 Å². The second kappa shape index (κ2) is 10.0. The average molecular weight is 432 g/mol. The molecule has 0 saturated carbocycles. The third-order valence-corrected chi connectivity index (χ3v) is 5.22. The molecule has 0 spiro atoms. The summed E-state index contributed by atoms with van der Waals surface area (Å²) in [6, 6.07) is 13.5. The van der Waals surface area contributed by atoms with Crippen LogP contribution in [0.4, 0.5) is 5.69 Å². The number of hydrazone groups is 1. The highest BCUT2D eigenvalue weighted by molar-refractivity contribution is 7.92. The molecule has 0 radical (unpaired) electrons. The Morgan fingerprint density at radius 1 is 1.10 bits per heavy atom. The molecule has 1 N–H and O–H groups in total. The molecule has 8 nitrogen and oxygen atoms in total. The number of sulfonamides is 1. The molecule has 0 aliphatic carbocycles. The van der Waals surface area contributed by atoms with E-state index in [1.165, 1.54) is 13.1 Å². The van der Waals surface area contributed by atoms with Crippen LogP contribution in [0, 0.1) is 0 Å². The molecule has 160 valence electrons. The number of hydrogen-bond donors (Lipinski definition) is 1. The monoisotopic (exact) mass is 431 g/mol. The normalized spacial score (nSPS) is 11.5. The Balaban J connectivity index is 2.02. The number of hydrogen-bond acceptors (Lipinski definition) is 6. The van der Waals surface area contributed by atoms with Crippen LogP contribution in [0.15, 0.2) is 53.6 Å². The molecule has 0 aliphatic rings. The third kappa shape index (κ3) is 7.00. The van der Waals surface area contributed by atoms with Gasteiger partial charge in [-0.2, -0.15) is 5.10 Å². The highest BCUT2D eigenvalue weighted by atomic mass is 32.2. The average Bonchev–Trinajstić information content (AvgIpc) is 2.66. The maximum Gasteiger partial charge on any atom is 0.308 e. The van der Waals surface area contributed by atoms with Crippen LogP contribution in [-0.4, -0.2) is 39.3 Å². The summed E-state index contributed by atoms with van der Waals surface area (Å²) in [5.74, 6) is -0.290. The Morgan fingerprint density at radius 2 is 1.70 bits per heavy atom. The number of carbonyl (C=O) groups is 2. The molecule has 0 atom stereocenters. The number of amides is 1. The summed E-state index contributed by atoms with van der Waals surface area (Å²) in [5.41, 5.74) is 4.46. The van der Waals surface area contributed by atoms with Crippen molar-refractivity contribution in [2.24, 2.45) is 5.10 Å². The number of nitrogens with one attached hydrogen (secondary N) is 1. The quantitative estimate of drug-likeness (QED) is 0.299. The van der Waals surface area contributed by atoms with Crippen molar-refractivity contribution < 1.29 is 22.7 Å². The van der Waals surface area contributed by atoms with Crippen molar-refractivity contribution in [3.05, 3.63) is 59.7 Å². The molecule has 0 saturated heterocycles. The first-order valence-electron chi connectivity index (χ1n) is 9.24. The lowest BCUT2D eigenvalue weighted by molar-refractivity contribution is -0.131. The topological polar surface area (TPSA) is 105 Å². The molecule has 1 amide bonds. The molecular formula is C21H25N3O5S. The van der Waals surface area contributed by atoms with Gasteiger partial charge in [-0.15, -0.1) is 0 Å². The third-order valence-electron chi connectivity index (χ3n) is 4.08. The smallest absolute Gasteiger partial charge is 0.308 e. The number of rotatable bonds is 8. The molecule has 0 fully saturated rings. The molecule has 0 bridgehead atoms. The van der Waals surface area contributed by atoms with E-state index in [1.807, 2.05) is 26.0 Å². The summed E-state index contributed by atoms with van der Waals surface area (Å²) >= 11 is 0. The fraction of sp³-hybridized carbons (Fsp3) is 0.286. The Bertz CT molecular complexity index is 1010. The van der Waals surface area contributed by atoms with Gasteiger partial charge in [0.15, 0.2) is 0 Å². The lowest BCUT2D eigenvalue weighted by atomic mass is 10.0. The SMILES string of the molecule is CC(=O)Oc1ccc(/C=N\NC(=O)CN(c2ccc(C(C)C)cc2)S(C)(=O)=O)cc1. The molecule has 0 unspecified atom stereocenters. The first-order valence-corrected chi connectivity index (χ1v) is 11.1. The van der Waals surface area contributed by atoms with Crippen LogP contribution in [0.2, 0.25) is 0 Å². The Kier molecular flexibility index (Phi) is 7.71. The number of nitrogens with zero attached hydrogens (tertiary/aromatic N) is 2. The van der Waals surface area contributed by atoms with Crippen LogP contribution in [0.25, 0.3) is 0 Å². The zero-order valence-corrected chi connectivity index (χ0v) is 18.1. The Hall–Kier alpha value is -3.20. The number of benzene rings is 2. The van der Waals surface area contributed by atoms with Crippen molar-refractivity contribution in [1.82, 2.24) is 5.43 Å². The first-order chi connectivity index (χ1) is 14.1. The fourth-order valence-electron chi connectivity index (χ4n) is 2.56. The molecule has 30 heavy (non-hydrogen) atoms. The standard InChI is InChI=1S/C21H25N3O5S/c1-15(2)18-7-9-19(10-8-18)24(30(4,27)28)14-21(26)23-22-13-17-5-11-20(12-6-17)29-16(3)25/h5-13,15H,14H2,1-4H3,(H,23,26)/b22-13-. The summed E-state index contributed by atoms with van der Waals surface area (Å²) in [6.45, 7) is 4.99. The Labute approximate surface area is 176 Å². The van der Waals surface area contributed by atoms with Crippen LogP contribution in [0.3, 0.4) is 0 Å². The number of anilines is 1. The minimum atomic E-state index is -3.66. The summed E-state index contributed by atoms with van der Waals surface area (Å²) in [5, 5.41) is 3.84. The predicted octanol–water partition coefficient (Wildman–Crippen LogP) is 2.65. The summed E-state index contributed by atoms with van der Waals surface area (Å²) in [6.07, 6.45) is 2.45. The second-order valence-electron chi connectivity index (χ2n) is 6.97. The lowest BCUT2D eigenvalue weighted by Crippen LogP contribution is -2.39. The van der Waals surface area contributed by atoms with Gasteiger partial charge in [-0.05, 0) is 53.4 Å². The summed E-state index contributed by atoms with van der Waals surface area (Å²) in [4.78, 5) is 23.1. The second-order valence-corrected chi connectivity index (χ2v) is 8.88. The van der Waals surface area contributed by atoms with E-state index in [4.69, 9.17) is 4.74 Å². The van der Waals surface area contributed by atoms with Gasteiger partial charge in [0.05, 0.1) is 18.2 Å². The van der Waals surface area contributed by atoms with E-state index in [0.717, 1.165) is 16.1 Å². The number of esters is 1. The van der Waals surface area contributed by atoms with E-state index in [0.29, 0.717) is 22.9 Å². The van der Waals surface area contributed by atoms with Gasteiger partial charge < -0.3 is 4.74 Å². The zero-order valence-electron chi connectivity index (χ0n) is 17.3. The van der Waals surface area contributed by atoms with Crippen molar-refractivity contribution in [3.63, 3.8) is 0 Å². The fourth-order valence-corrected chi connectivity index (χ4v) is 3.41. The lowest BCUT2D eigenvalue weighted by Gasteiger charge is -2.21. The van der Waals surface area contributed by atoms with E-state index in [-0.39, 0.29) is 0 Å². The summed E-state index contributed by atoms with van der Waals surface area (Å²) < 4.78 is 30.3. The zero-order chi connectivity index (χ0) is 22.3. The van der Waals surface area contributed by atoms with Crippen LogP contribution in [0.1, 0.15) is 37.8 Å². The number of carbonyl (C=O) groups excluding carboxylic acids is 2. The molecule has 2 aromatic carbocycles. The van der Waals surface area contributed by atoms with E-state index in [1.54, 1.807) is 36.4 Å². The maximum atomic E-state index is 12.2. The number of ether oxygens (including phenoxy) is 1. The minimum absolute atomic E-state index is 0.312. The maximum absolute atomic E-state index is 12.2. The van der Waals surface area contributed by atoms with Crippen LogP contribution in [-0.2, 0) is 19.6 Å². The van der Waals surface area contributed by atoms with Crippen LogP contribution >= 0.6 is 0 Å². The van der Waals surface area contributed by atoms with Crippen molar-refractivity contribution in [3.8, 4) is 5.75 Å². The van der Waals surface area contributed by atoms with Crippen molar-refractivity contribution in [1.29, 1.82) is 0 Å². The van der Waals surface area contributed by atoms with Crippen LogP contribution in [0.5, 0.6) is 5.75 Å².